The Morgan fingerprint density at radius 1 is 1.20 bits per heavy atom. The minimum Gasteiger partial charge on any atom is -0.410 e. The van der Waals surface area contributed by atoms with Crippen LogP contribution in [0, 0.1) is 11.3 Å². The fourth-order valence-electron chi connectivity index (χ4n) is 1.87. The third-order valence-electron chi connectivity index (χ3n) is 2.91. The van der Waals surface area contributed by atoms with Crippen molar-refractivity contribution in [3.8, 4) is 6.07 Å². The van der Waals surface area contributed by atoms with Crippen LogP contribution in [0.3, 0.4) is 0 Å². The zero-order chi connectivity index (χ0) is 14.7. The molecule has 0 unspecified atom stereocenters. The third-order valence-corrected chi connectivity index (χ3v) is 3.47. The van der Waals surface area contributed by atoms with Gasteiger partial charge in [0.1, 0.15) is 11.8 Å². The number of benzene rings is 1. The zero-order valence-corrected chi connectivity index (χ0v) is 12.1. The number of oxime groups is 1. The Balaban J connectivity index is 2.61. The summed E-state index contributed by atoms with van der Waals surface area (Å²) in [7, 11) is 0. The molecule has 5 heteroatoms. The normalized spacial score (nSPS) is 19.2. The highest BCUT2D eigenvalue weighted by Gasteiger charge is 2.17. The number of nitriles is 1. The maximum Gasteiger partial charge on any atom is 0.107 e. The van der Waals surface area contributed by atoms with Crippen molar-refractivity contribution in [3.63, 3.8) is 0 Å². The maximum absolute atomic E-state index is 9.39. The molecule has 1 aromatic rings. The van der Waals surface area contributed by atoms with Crippen molar-refractivity contribution >= 4 is 34.5 Å². The second-order valence-corrected chi connectivity index (χ2v) is 5.06. The third kappa shape index (κ3) is 2.77. The molecule has 0 saturated carbocycles. The summed E-state index contributed by atoms with van der Waals surface area (Å²) >= 11 is 12.0. The number of rotatable bonds is 1. The Morgan fingerprint density at radius 3 is 2.40 bits per heavy atom. The minimum atomic E-state index is 0.356. The molecule has 0 amide bonds. The van der Waals surface area contributed by atoms with Crippen LogP contribution in [0.15, 0.2) is 57.8 Å². The molecule has 20 heavy (non-hydrogen) atoms. The van der Waals surface area contributed by atoms with Gasteiger partial charge in [-0.05, 0) is 42.3 Å². The topological polar surface area (TPSA) is 56.4 Å². The summed E-state index contributed by atoms with van der Waals surface area (Å²) in [6, 6.07) is 9.11. The van der Waals surface area contributed by atoms with Gasteiger partial charge in [-0.25, -0.2) is 0 Å². The highest BCUT2D eigenvalue weighted by Crippen LogP contribution is 2.31. The molecule has 0 radical (unpaired) electrons. The van der Waals surface area contributed by atoms with E-state index in [-0.39, 0.29) is 0 Å². The summed E-state index contributed by atoms with van der Waals surface area (Å²) < 4.78 is 0. The van der Waals surface area contributed by atoms with E-state index >= 15 is 0 Å². The average Bonchev–Trinajstić information content (AvgIpc) is 2.45. The maximum atomic E-state index is 9.39. The van der Waals surface area contributed by atoms with Crippen LogP contribution in [0.1, 0.15) is 12.5 Å². The van der Waals surface area contributed by atoms with Gasteiger partial charge >= 0.3 is 0 Å². The fourth-order valence-corrected chi connectivity index (χ4v) is 2.25. The quantitative estimate of drug-likeness (QED) is 0.471. The Bertz CT molecular complexity index is 704. The van der Waals surface area contributed by atoms with Crippen LogP contribution in [0.4, 0.5) is 0 Å². The van der Waals surface area contributed by atoms with E-state index in [9.17, 15) is 5.26 Å². The van der Waals surface area contributed by atoms with E-state index in [1.165, 1.54) is 6.08 Å². The summed E-state index contributed by atoms with van der Waals surface area (Å²) in [5.41, 5.74) is 2.88. The van der Waals surface area contributed by atoms with Gasteiger partial charge in [-0.2, -0.15) is 5.26 Å². The first-order chi connectivity index (χ1) is 9.56. The summed E-state index contributed by atoms with van der Waals surface area (Å²) in [5, 5.41) is 22.4. The molecule has 0 saturated heterocycles. The monoisotopic (exact) mass is 304 g/mol. The molecule has 1 N–H and O–H groups in total. The van der Waals surface area contributed by atoms with Gasteiger partial charge in [-0.1, -0.05) is 40.5 Å². The Kier molecular flexibility index (Phi) is 4.29. The minimum absolute atomic E-state index is 0.356. The molecule has 2 rings (SSSR count). The van der Waals surface area contributed by atoms with Crippen molar-refractivity contribution in [2.75, 3.05) is 0 Å². The van der Waals surface area contributed by atoms with Crippen LogP contribution in [-0.4, -0.2) is 10.9 Å². The van der Waals surface area contributed by atoms with E-state index in [1.807, 2.05) is 0 Å². The summed E-state index contributed by atoms with van der Waals surface area (Å²) in [5.74, 6) is 0. The van der Waals surface area contributed by atoms with Gasteiger partial charge in [0.15, 0.2) is 0 Å². The lowest BCUT2D eigenvalue weighted by atomic mass is 9.94. The summed E-state index contributed by atoms with van der Waals surface area (Å²) in [4.78, 5) is 0. The summed E-state index contributed by atoms with van der Waals surface area (Å²) in [6.45, 7) is 1.78. The van der Waals surface area contributed by atoms with Crippen molar-refractivity contribution in [2.45, 2.75) is 6.92 Å². The van der Waals surface area contributed by atoms with Gasteiger partial charge in [-0.15, -0.1) is 0 Å². The standard InChI is InChI=1S/C15H10Cl2N2O/c1-9-6-12(14(17)7-15(9)19-20)13(8-18)10-2-4-11(16)5-3-10/h2-7,20H,1H3. The zero-order valence-electron chi connectivity index (χ0n) is 10.6. The van der Waals surface area contributed by atoms with E-state index in [1.54, 1.807) is 37.3 Å². The van der Waals surface area contributed by atoms with Crippen LogP contribution in [0.5, 0.6) is 0 Å². The first-order valence-corrected chi connectivity index (χ1v) is 6.51. The van der Waals surface area contributed by atoms with E-state index in [2.05, 4.69) is 11.2 Å². The molecule has 0 aliphatic heterocycles. The molecule has 0 heterocycles. The molecular formula is C15H10Cl2N2O. The second kappa shape index (κ2) is 5.96. The first-order valence-electron chi connectivity index (χ1n) is 5.75. The lowest BCUT2D eigenvalue weighted by Gasteiger charge is -2.13. The lowest BCUT2D eigenvalue weighted by molar-refractivity contribution is 0.319. The molecule has 1 aromatic carbocycles. The van der Waals surface area contributed by atoms with Gasteiger partial charge in [0.05, 0.1) is 10.6 Å². The van der Waals surface area contributed by atoms with E-state index in [4.69, 9.17) is 28.4 Å². The van der Waals surface area contributed by atoms with Crippen LogP contribution in [0.25, 0.3) is 5.57 Å². The largest absolute Gasteiger partial charge is 0.410 e. The van der Waals surface area contributed by atoms with Crippen LogP contribution in [0.2, 0.25) is 5.02 Å². The number of allylic oxidation sites excluding steroid dienone is 6. The Hall–Kier alpha value is -2.02. The fraction of sp³-hybridized carbons (Fsp3) is 0.0667. The summed E-state index contributed by atoms with van der Waals surface area (Å²) in [6.07, 6.45) is 3.25. The molecule has 0 spiro atoms. The SMILES string of the molecule is CC1=CC(=C(C#N)c2ccc(Cl)cc2)C(Cl)=CC1=NO. The van der Waals surface area contributed by atoms with Gasteiger partial charge in [0, 0.05) is 10.6 Å². The lowest BCUT2D eigenvalue weighted by Crippen LogP contribution is -2.04. The highest BCUT2D eigenvalue weighted by molar-refractivity contribution is 6.36. The van der Waals surface area contributed by atoms with Crippen molar-refractivity contribution in [3.05, 3.63) is 63.2 Å². The molecule has 0 atom stereocenters. The van der Waals surface area contributed by atoms with Crippen molar-refractivity contribution in [2.24, 2.45) is 5.16 Å². The molecule has 1 aliphatic carbocycles. The second-order valence-electron chi connectivity index (χ2n) is 4.21. The van der Waals surface area contributed by atoms with Crippen molar-refractivity contribution in [1.82, 2.24) is 0 Å². The Morgan fingerprint density at radius 2 is 1.85 bits per heavy atom. The number of nitrogens with zero attached hydrogens (tertiary/aromatic N) is 2. The number of hydrogen-bond donors (Lipinski definition) is 1. The van der Waals surface area contributed by atoms with E-state index < -0.39 is 0 Å². The van der Waals surface area contributed by atoms with Crippen LogP contribution >= 0.6 is 23.2 Å². The van der Waals surface area contributed by atoms with E-state index in [0.717, 1.165) is 11.1 Å². The first kappa shape index (κ1) is 14.4. The molecular weight excluding hydrogens is 295 g/mol. The predicted molar refractivity (Wildman–Crippen MR) is 80.9 cm³/mol. The van der Waals surface area contributed by atoms with Crippen molar-refractivity contribution < 1.29 is 5.21 Å². The van der Waals surface area contributed by atoms with E-state index in [0.29, 0.717) is 26.9 Å². The average molecular weight is 305 g/mol. The van der Waals surface area contributed by atoms with Gasteiger partial charge in [0.2, 0.25) is 0 Å². The molecule has 0 bridgehead atoms. The molecule has 3 nitrogen and oxygen atoms in total. The molecule has 1 aliphatic rings. The van der Waals surface area contributed by atoms with Gasteiger partial charge in [0.25, 0.3) is 0 Å². The highest BCUT2D eigenvalue weighted by atomic mass is 35.5. The predicted octanol–water partition coefficient (Wildman–Crippen LogP) is 4.53. The van der Waals surface area contributed by atoms with Gasteiger partial charge < -0.3 is 5.21 Å². The smallest absolute Gasteiger partial charge is 0.107 e. The van der Waals surface area contributed by atoms with Gasteiger partial charge in [-0.3, -0.25) is 0 Å². The van der Waals surface area contributed by atoms with Crippen LogP contribution < -0.4 is 0 Å². The Labute approximate surface area is 126 Å². The number of halogens is 2. The van der Waals surface area contributed by atoms with Crippen molar-refractivity contribution in [1.29, 1.82) is 5.26 Å². The number of hydrogen-bond acceptors (Lipinski definition) is 3. The molecule has 0 fully saturated rings. The van der Waals surface area contributed by atoms with Crippen LogP contribution in [-0.2, 0) is 0 Å². The molecule has 0 aromatic heterocycles. The molecule has 100 valence electrons.